The summed E-state index contributed by atoms with van der Waals surface area (Å²) in [6.45, 7) is 2.40. The Hall–Kier alpha value is -2.47. The first-order valence-corrected chi connectivity index (χ1v) is 9.58. The summed E-state index contributed by atoms with van der Waals surface area (Å²) < 4.78 is 38.6. The molecule has 0 radical (unpaired) electrons. The Morgan fingerprint density at radius 1 is 1.11 bits per heavy atom. The number of fused-ring (bicyclic) bond motifs is 3. The third-order valence-corrected chi connectivity index (χ3v) is 5.56. The number of aliphatic imine (C=N–C) groups is 1. The van der Waals surface area contributed by atoms with Gasteiger partial charge in [0.25, 0.3) is 0 Å². The second-order valence-electron chi connectivity index (χ2n) is 7.27. The Balaban J connectivity index is 1.89. The van der Waals surface area contributed by atoms with Crippen molar-refractivity contribution in [1.82, 2.24) is 0 Å². The smallest absolute Gasteiger partial charge is 0.161 e. The summed E-state index contributed by atoms with van der Waals surface area (Å²) in [6.07, 6.45) is 1.67. The van der Waals surface area contributed by atoms with E-state index in [-0.39, 0.29) is 18.1 Å². The van der Waals surface area contributed by atoms with Gasteiger partial charge in [0.15, 0.2) is 23.1 Å². The first kappa shape index (κ1) is 18.9. The molecule has 1 fully saturated rings. The second kappa shape index (κ2) is 7.51. The number of methoxy groups -OCH3 is 1. The van der Waals surface area contributed by atoms with E-state index in [4.69, 9.17) is 14.5 Å². The Kier molecular flexibility index (Phi) is 5.06. The highest BCUT2D eigenvalue weighted by atomic mass is 19.2. The third-order valence-electron chi connectivity index (χ3n) is 5.56. The van der Waals surface area contributed by atoms with Gasteiger partial charge in [0, 0.05) is 17.0 Å². The molecule has 4 rings (SSSR count). The lowest BCUT2D eigenvalue weighted by atomic mass is 9.74. The Labute approximate surface area is 162 Å². The van der Waals surface area contributed by atoms with E-state index in [9.17, 15) is 13.9 Å². The summed E-state index contributed by atoms with van der Waals surface area (Å²) in [5.74, 6) is -0.540. The molecule has 2 aromatic rings. The fourth-order valence-electron chi connectivity index (χ4n) is 4.25. The second-order valence-corrected chi connectivity index (χ2v) is 7.27. The maximum absolute atomic E-state index is 13.9. The standard InChI is InChI=1S/C22H23F2NO3/c1-3-28-21-10-14-15-9-13(26)5-7-19(15)25-22(16(14)11-20(21)27-2)12-4-6-17(23)18(24)8-12/h4,6,8,10-11,13,15,19,26H,3,5,7,9H2,1-2H3. The molecule has 0 bridgehead atoms. The van der Waals surface area contributed by atoms with E-state index in [0.29, 0.717) is 42.2 Å². The van der Waals surface area contributed by atoms with Gasteiger partial charge in [0.2, 0.25) is 0 Å². The minimum Gasteiger partial charge on any atom is -0.493 e. The van der Waals surface area contributed by atoms with Crippen molar-refractivity contribution in [3.8, 4) is 11.5 Å². The SMILES string of the molecule is CCOc1cc2c(cc1OC)C(c1ccc(F)c(F)c1)=NC1CCC(O)CC21. The van der Waals surface area contributed by atoms with Crippen molar-refractivity contribution in [3.63, 3.8) is 0 Å². The van der Waals surface area contributed by atoms with Gasteiger partial charge in [-0.1, -0.05) is 0 Å². The zero-order valence-electron chi connectivity index (χ0n) is 15.9. The van der Waals surface area contributed by atoms with E-state index in [1.54, 1.807) is 13.2 Å². The summed E-state index contributed by atoms with van der Waals surface area (Å²) in [4.78, 5) is 4.89. The number of aliphatic hydroxyl groups is 1. The summed E-state index contributed by atoms with van der Waals surface area (Å²) in [5.41, 5.74) is 2.95. The van der Waals surface area contributed by atoms with Crippen LogP contribution in [0.3, 0.4) is 0 Å². The molecular formula is C22H23F2NO3. The van der Waals surface area contributed by atoms with Crippen molar-refractivity contribution in [1.29, 1.82) is 0 Å². The molecular weight excluding hydrogens is 364 g/mol. The van der Waals surface area contributed by atoms with Crippen LogP contribution in [-0.4, -0.2) is 36.7 Å². The van der Waals surface area contributed by atoms with E-state index < -0.39 is 11.6 Å². The number of ether oxygens (including phenoxy) is 2. The Morgan fingerprint density at radius 2 is 1.93 bits per heavy atom. The molecule has 4 nitrogen and oxygen atoms in total. The fraction of sp³-hybridized carbons (Fsp3) is 0.409. The van der Waals surface area contributed by atoms with E-state index >= 15 is 0 Å². The van der Waals surface area contributed by atoms with Crippen LogP contribution in [0, 0.1) is 11.6 Å². The molecule has 6 heteroatoms. The number of hydrogen-bond acceptors (Lipinski definition) is 4. The highest BCUT2D eigenvalue weighted by Crippen LogP contribution is 2.45. The molecule has 28 heavy (non-hydrogen) atoms. The molecule has 3 unspecified atom stereocenters. The van der Waals surface area contributed by atoms with Crippen LogP contribution >= 0.6 is 0 Å². The van der Waals surface area contributed by atoms with Crippen LogP contribution in [0.2, 0.25) is 0 Å². The molecule has 2 aliphatic rings. The minimum atomic E-state index is -0.902. The van der Waals surface area contributed by atoms with Crippen LogP contribution in [0.1, 0.15) is 48.8 Å². The molecule has 1 saturated carbocycles. The lowest BCUT2D eigenvalue weighted by Gasteiger charge is -2.37. The molecule has 1 heterocycles. The Morgan fingerprint density at radius 3 is 2.64 bits per heavy atom. The fourth-order valence-corrected chi connectivity index (χ4v) is 4.25. The predicted molar refractivity (Wildman–Crippen MR) is 103 cm³/mol. The summed E-state index contributed by atoms with van der Waals surface area (Å²) in [6, 6.07) is 7.62. The number of halogens is 2. The molecule has 0 amide bonds. The predicted octanol–water partition coefficient (Wildman–Crippen LogP) is 4.22. The van der Waals surface area contributed by atoms with Gasteiger partial charge in [0.05, 0.1) is 31.6 Å². The highest BCUT2D eigenvalue weighted by molar-refractivity contribution is 6.15. The molecule has 1 aliphatic heterocycles. The molecule has 1 N–H and O–H groups in total. The first-order chi connectivity index (χ1) is 13.5. The third kappa shape index (κ3) is 3.26. The van der Waals surface area contributed by atoms with Gasteiger partial charge in [-0.15, -0.1) is 0 Å². The topological polar surface area (TPSA) is 51.0 Å². The van der Waals surface area contributed by atoms with Crippen LogP contribution < -0.4 is 9.47 Å². The van der Waals surface area contributed by atoms with Crippen LogP contribution in [-0.2, 0) is 0 Å². The number of benzene rings is 2. The zero-order valence-corrected chi connectivity index (χ0v) is 15.9. The van der Waals surface area contributed by atoms with E-state index in [0.717, 1.165) is 23.6 Å². The van der Waals surface area contributed by atoms with E-state index in [1.165, 1.54) is 6.07 Å². The maximum atomic E-state index is 13.9. The summed E-state index contributed by atoms with van der Waals surface area (Å²) in [5, 5.41) is 10.2. The van der Waals surface area contributed by atoms with Crippen LogP contribution in [0.4, 0.5) is 8.78 Å². The van der Waals surface area contributed by atoms with Gasteiger partial charge in [0.1, 0.15) is 0 Å². The number of nitrogens with zero attached hydrogens (tertiary/aromatic N) is 1. The summed E-state index contributed by atoms with van der Waals surface area (Å²) in [7, 11) is 1.56. The van der Waals surface area contributed by atoms with Crippen molar-refractivity contribution in [2.75, 3.05) is 13.7 Å². The molecule has 1 aliphatic carbocycles. The van der Waals surface area contributed by atoms with Crippen LogP contribution in [0.15, 0.2) is 35.3 Å². The van der Waals surface area contributed by atoms with Crippen molar-refractivity contribution in [3.05, 3.63) is 58.7 Å². The Bertz CT molecular complexity index is 928. The molecule has 148 valence electrons. The first-order valence-electron chi connectivity index (χ1n) is 9.58. The molecule has 0 aromatic heterocycles. The molecule has 2 aromatic carbocycles. The highest BCUT2D eigenvalue weighted by Gasteiger charge is 2.37. The lowest BCUT2D eigenvalue weighted by molar-refractivity contribution is 0.111. The van der Waals surface area contributed by atoms with Gasteiger partial charge in [-0.25, -0.2) is 8.78 Å². The quantitative estimate of drug-likeness (QED) is 0.855. The molecule has 0 spiro atoms. The normalized spacial score (nSPS) is 23.5. The minimum absolute atomic E-state index is 0.0121. The van der Waals surface area contributed by atoms with Crippen molar-refractivity contribution < 1.29 is 23.4 Å². The van der Waals surface area contributed by atoms with Gasteiger partial charge < -0.3 is 14.6 Å². The molecule has 0 saturated heterocycles. The van der Waals surface area contributed by atoms with Gasteiger partial charge in [-0.3, -0.25) is 4.99 Å². The van der Waals surface area contributed by atoms with Crippen LogP contribution in [0.5, 0.6) is 11.5 Å². The zero-order chi connectivity index (χ0) is 19.8. The maximum Gasteiger partial charge on any atom is 0.161 e. The van der Waals surface area contributed by atoms with E-state index in [2.05, 4.69) is 0 Å². The van der Waals surface area contributed by atoms with E-state index in [1.807, 2.05) is 19.1 Å². The van der Waals surface area contributed by atoms with Crippen molar-refractivity contribution >= 4 is 5.71 Å². The number of hydrogen-bond donors (Lipinski definition) is 1. The largest absolute Gasteiger partial charge is 0.493 e. The van der Waals surface area contributed by atoms with Gasteiger partial charge in [-0.05, 0) is 62.1 Å². The number of rotatable bonds is 4. The van der Waals surface area contributed by atoms with Gasteiger partial charge >= 0.3 is 0 Å². The average Bonchev–Trinajstić information content (AvgIpc) is 2.69. The molecule has 3 atom stereocenters. The van der Waals surface area contributed by atoms with Crippen molar-refractivity contribution in [2.45, 2.75) is 44.2 Å². The lowest BCUT2D eigenvalue weighted by Crippen LogP contribution is -2.34. The monoisotopic (exact) mass is 387 g/mol. The van der Waals surface area contributed by atoms with Crippen LogP contribution in [0.25, 0.3) is 0 Å². The summed E-state index contributed by atoms with van der Waals surface area (Å²) >= 11 is 0. The van der Waals surface area contributed by atoms with Gasteiger partial charge in [-0.2, -0.15) is 0 Å². The van der Waals surface area contributed by atoms with Crippen molar-refractivity contribution in [2.24, 2.45) is 4.99 Å². The number of aliphatic hydroxyl groups excluding tert-OH is 1. The average molecular weight is 387 g/mol.